The molecule has 2 unspecified atom stereocenters. The van der Waals surface area contributed by atoms with Gasteiger partial charge in [0.15, 0.2) is 0 Å². The fourth-order valence-electron chi connectivity index (χ4n) is 4.32. The van der Waals surface area contributed by atoms with Crippen molar-refractivity contribution in [2.24, 2.45) is 0 Å². The number of hydrogen-bond donors (Lipinski definition) is 0. The lowest BCUT2D eigenvalue weighted by atomic mass is 9.85. The maximum absolute atomic E-state index is 2.40. The SMILES string of the molecule is c1ccc2c(c1)-c1c(ccc3c1sc1ccccc13)C1CC21. The quantitative estimate of drug-likeness (QED) is 0.357. The molecule has 1 saturated carbocycles. The third kappa shape index (κ3) is 1.29. The molecule has 4 aromatic rings. The van der Waals surface area contributed by atoms with Crippen LogP contribution in [0.3, 0.4) is 0 Å². The first-order chi connectivity index (χ1) is 10.9. The summed E-state index contributed by atoms with van der Waals surface area (Å²) in [6, 6.07) is 22.6. The molecule has 0 bridgehead atoms. The molecule has 0 saturated heterocycles. The zero-order chi connectivity index (χ0) is 14.3. The minimum Gasteiger partial charge on any atom is -0.135 e. The van der Waals surface area contributed by atoms with Crippen LogP contribution in [0.2, 0.25) is 0 Å². The Morgan fingerprint density at radius 1 is 0.727 bits per heavy atom. The average Bonchev–Trinajstić information content (AvgIpc) is 3.29. The molecule has 2 aliphatic carbocycles. The van der Waals surface area contributed by atoms with Gasteiger partial charge in [-0.15, -0.1) is 11.3 Å². The first kappa shape index (κ1) is 11.4. The lowest BCUT2D eigenvalue weighted by Gasteiger charge is -2.20. The normalized spacial score (nSPS) is 21.5. The molecule has 3 aromatic carbocycles. The Balaban J connectivity index is 1.83. The van der Waals surface area contributed by atoms with Crippen molar-refractivity contribution in [2.45, 2.75) is 18.3 Å². The Morgan fingerprint density at radius 2 is 1.55 bits per heavy atom. The van der Waals surface area contributed by atoms with Crippen LogP contribution in [0.5, 0.6) is 0 Å². The molecule has 0 N–H and O–H groups in total. The molecule has 22 heavy (non-hydrogen) atoms. The van der Waals surface area contributed by atoms with Crippen molar-refractivity contribution in [2.75, 3.05) is 0 Å². The van der Waals surface area contributed by atoms with Crippen LogP contribution in [-0.2, 0) is 0 Å². The maximum atomic E-state index is 2.40. The van der Waals surface area contributed by atoms with E-state index in [1.165, 1.54) is 37.7 Å². The van der Waals surface area contributed by atoms with E-state index < -0.39 is 0 Å². The van der Waals surface area contributed by atoms with E-state index in [1.54, 1.807) is 11.1 Å². The van der Waals surface area contributed by atoms with Crippen LogP contribution in [0.15, 0.2) is 60.7 Å². The van der Waals surface area contributed by atoms with Gasteiger partial charge in [0.1, 0.15) is 0 Å². The van der Waals surface area contributed by atoms with E-state index >= 15 is 0 Å². The Labute approximate surface area is 133 Å². The molecular weight excluding hydrogens is 284 g/mol. The van der Waals surface area contributed by atoms with Crippen LogP contribution in [0.1, 0.15) is 29.4 Å². The van der Waals surface area contributed by atoms with E-state index in [0.717, 1.165) is 11.8 Å². The molecule has 1 heterocycles. The van der Waals surface area contributed by atoms with Crippen molar-refractivity contribution in [1.29, 1.82) is 0 Å². The van der Waals surface area contributed by atoms with Gasteiger partial charge in [-0.05, 0) is 41.0 Å². The van der Waals surface area contributed by atoms with Gasteiger partial charge in [0.2, 0.25) is 0 Å². The van der Waals surface area contributed by atoms with Crippen molar-refractivity contribution in [3.8, 4) is 11.1 Å². The second-order valence-corrected chi connectivity index (χ2v) is 7.59. The van der Waals surface area contributed by atoms with Gasteiger partial charge in [-0.1, -0.05) is 54.6 Å². The van der Waals surface area contributed by atoms with Crippen molar-refractivity contribution >= 4 is 31.5 Å². The third-order valence-corrected chi connectivity index (χ3v) is 6.60. The second kappa shape index (κ2) is 3.80. The Kier molecular flexibility index (Phi) is 1.97. The molecule has 0 radical (unpaired) electrons. The van der Waals surface area contributed by atoms with E-state index in [4.69, 9.17) is 0 Å². The van der Waals surface area contributed by atoms with Crippen LogP contribution in [0.25, 0.3) is 31.3 Å². The smallest absolute Gasteiger partial charge is 0.0436 e. The highest BCUT2D eigenvalue weighted by Gasteiger charge is 2.45. The zero-order valence-electron chi connectivity index (χ0n) is 12.0. The van der Waals surface area contributed by atoms with Crippen molar-refractivity contribution in [3.63, 3.8) is 0 Å². The zero-order valence-corrected chi connectivity index (χ0v) is 12.9. The molecule has 1 heteroatoms. The van der Waals surface area contributed by atoms with Gasteiger partial charge in [-0.25, -0.2) is 0 Å². The number of fused-ring (bicyclic) bond motifs is 10. The van der Waals surface area contributed by atoms with Gasteiger partial charge >= 0.3 is 0 Å². The third-order valence-electron chi connectivity index (χ3n) is 5.40. The molecule has 1 aromatic heterocycles. The van der Waals surface area contributed by atoms with E-state index in [9.17, 15) is 0 Å². The first-order valence-electron chi connectivity index (χ1n) is 7.95. The van der Waals surface area contributed by atoms with E-state index in [0.29, 0.717) is 0 Å². The Hall–Kier alpha value is -2.12. The summed E-state index contributed by atoms with van der Waals surface area (Å²) in [6.45, 7) is 0. The van der Waals surface area contributed by atoms with Gasteiger partial charge in [0.25, 0.3) is 0 Å². The van der Waals surface area contributed by atoms with Crippen LogP contribution >= 0.6 is 11.3 Å². The number of hydrogen-bond acceptors (Lipinski definition) is 1. The molecule has 0 nitrogen and oxygen atoms in total. The predicted molar refractivity (Wildman–Crippen MR) is 94.9 cm³/mol. The lowest BCUT2D eigenvalue weighted by molar-refractivity contribution is 1.01. The standard InChI is InChI=1S/C21H14S/c1-2-7-14-12(5-1)17-11-18(17)15-9-10-16-13-6-3-4-8-19(13)22-21(16)20(14)15/h1-10,17-18H,11H2. The minimum absolute atomic E-state index is 0.763. The molecule has 2 atom stereocenters. The molecule has 1 fully saturated rings. The summed E-state index contributed by atoms with van der Waals surface area (Å²) in [5.74, 6) is 1.54. The summed E-state index contributed by atoms with van der Waals surface area (Å²) < 4.78 is 2.89. The fraction of sp³-hybridized carbons (Fsp3) is 0.143. The summed E-state index contributed by atoms with van der Waals surface area (Å²) in [5, 5.41) is 2.83. The average molecular weight is 298 g/mol. The molecule has 104 valence electrons. The summed E-state index contributed by atoms with van der Waals surface area (Å²) in [6.07, 6.45) is 1.33. The van der Waals surface area contributed by atoms with Gasteiger partial charge in [0.05, 0.1) is 0 Å². The molecule has 0 spiro atoms. The van der Waals surface area contributed by atoms with Crippen molar-refractivity contribution in [1.82, 2.24) is 0 Å². The number of rotatable bonds is 0. The Morgan fingerprint density at radius 3 is 2.55 bits per heavy atom. The highest BCUT2D eigenvalue weighted by Crippen LogP contribution is 2.63. The predicted octanol–water partition coefficient (Wildman–Crippen LogP) is 6.31. The van der Waals surface area contributed by atoms with Gasteiger partial charge < -0.3 is 0 Å². The molecule has 2 aliphatic rings. The molecule has 0 amide bonds. The van der Waals surface area contributed by atoms with E-state index in [-0.39, 0.29) is 0 Å². The summed E-state index contributed by atoms with van der Waals surface area (Å²) in [4.78, 5) is 0. The second-order valence-electron chi connectivity index (χ2n) is 6.54. The van der Waals surface area contributed by atoms with Gasteiger partial charge in [-0.2, -0.15) is 0 Å². The topological polar surface area (TPSA) is 0 Å². The minimum atomic E-state index is 0.763. The van der Waals surface area contributed by atoms with E-state index in [2.05, 4.69) is 60.7 Å². The van der Waals surface area contributed by atoms with Crippen LogP contribution in [0, 0.1) is 0 Å². The number of thiophene rings is 1. The summed E-state index contributed by atoms with van der Waals surface area (Å²) in [7, 11) is 0. The van der Waals surface area contributed by atoms with E-state index in [1.807, 2.05) is 11.3 Å². The van der Waals surface area contributed by atoms with Crippen molar-refractivity contribution in [3.05, 3.63) is 71.8 Å². The fourth-order valence-corrected chi connectivity index (χ4v) is 5.59. The molecule has 0 aliphatic heterocycles. The number of benzene rings is 3. The molecular formula is C21H14S. The lowest BCUT2D eigenvalue weighted by Crippen LogP contribution is -1.98. The maximum Gasteiger partial charge on any atom is 0.0436 e. The first-order valence-corrected chi connectivity index (χ1v) is 8.77. The van der Waals surface area contributed by atoms with Gasteiger partial charge in [0, 0.05) is 25.7 Å². The summed E-state index contributed by atoms with van der Waals surface area (Å²) >= 11 is 1.96. The van der Waals surface area contributed by atoms with Crippen LogP contribution in [0.4, 0.5) is 0 Å². The highest BCUT2D eigenvalue weighted by molar-refractivity contribution is 7.26. The van der Waals surface area contributed by atoms with Crippen LogP contribution < -0.4 is 0 Å². The highest BCUT2D eigenvalue weighted by atomic mass is 32.1. The largest absolute Gasteiger partial charge is 0.135 e. The van der Waals surface area contributed by atoms with Crippen LogP contribution in [-0.4, -0.2) is 0 Å². The van der Waals surface area contributed by atoms with Crippen molar-refractivity contribution < 1.29 is 0 Å². The van der Waals surface area contributed by atoms with Gasteiger partial charge in [-0.3, -0.25) is 0 Å². The Bertz CT molecular complexity index is 1070. The summed E-state index contributed by atoms with van der Waals surface area (Å²) in [5.41, 5.74) is 6.16. The molecule has 6 rings (SSSR count). The monoisotopic (exact) mass is 298 g/mol.